The number of fused-ring (bicyclic) bond motifs is 2. The average Bonchev–Trinajstić information content (AvgIpc) is 3.83. The van der Waals surface area contributed by atoms with Gasteiger partial charge < -0.3 is 28.9 Å². The molecule has 0 saturated carbocycles. The van der Waals surface area contributed by atoms with Gasteiger partial charge >= 0.3 is 6.09 Å². The van der Waals surface area contributed by atoms with Crippen LogP contribution < -0.4 is 4.74 Å². The largest absolute Gasteiger partial charge is 0.415 e. The highest BCUT2D eigenvalue weighted by Gasteiger charge is 2.35. The number of carbonyl (C=O) groups is 3. The van der Waals surface area contributed by atoms with Gasteiger partial charge in [0.25, 0.3) is 11.8 Å². The van der Waals surface area contributed by atoms with E-state index < -0.39 is 6.09 Å². The van der Waals surface area contributed by atoms with E-state index >= 15 is 4.79 Å². The fourth-order valence-electron chi connectivity index (χ4n) is 8.57. The molecule has 4 aromatic rings. The standard InChI is InChI=1S/C46H57N5O4/c1-5-7-23-49(24-8-6-2)44(52)40-29-43(47(4)33(40)3)41-27-35-20-25-50(46(54)55-39-18-10-9-11-19-39)30-37(35)28-42(41)45(53)51-31-36-17-13-12-16-34(36)26-38(51)32-48-21-14-15-22-48/h9-13,16-19,27-29,38H,5-8,14-15,20-26,30-32H2,1-4H3/t38-/m0/s1. The second kappa shape index (κ2) is 17.3. The molecule has 290 valence electrons. The number of likely N-dealkylation sites (tertiary alicyclic amines) is 1. The van der Waals surface area contributed by atoms with Crippen LogP contribution in [0, 0.1) is 6.92 Å². The first-order chi connectivity index (χ1) is 26.7. The molecule has 0 unspecified atom stereocenters. The normalized spacial score (nSPS) is 16.8. The highest BCUT2D eigenvalue weighted by Crippen LogP contribution is 2.36. The van der Waals surface area contributed by atoms with Crippen LogP contribution in [0.25, 0.3) is 11.3 Å². The van der Waals surface area contributed by atoms with Crippen molar-refractivity contribution in [2.75, 3.05) is 39.3 Å². The van der Waals surface area contributed by atoms with Crippen LogP contribution in [0.15, 0.2) is 72.8 Å². The van der Waals surface area contributed by atoms with Gasteiger partial charge in [-0.15, -0.1) is 0 Å². The lowest BCUT2D eigenvalue weighted by atomic mass is 9.89. The summed E-state index contributed by atoms with van der Waals surface area (Å²) in [4.78, 5) is 51.2. The van der Waals surface area contributed by atoms with Gasteiger partial charge in [0.05, 0.1) is 5.56 Å². The molecule has 0 radical (unpaired) electrons. The van der Waals surface area contributed by atoms with E-state index in [0.717, 1.165) is 92.9 Å². The fraction of sp³-hybridized carbons (Fsp3) is 0.457. The molecule has 9 heteroatoms. The molecule has 3 aliphatic rings. The maximum absolute atomic E-state index is 15.3. The summed E-state index contributed by atoms with van der Waals surface area (Å²) in [5.41, 5.74) is 8.43. The zero-order valence-corrected chi connectivity index (χ0v) is 33.2. The van der Waals surface area contributed by atoms with Gasteiger partial charge in [-0.1, -0.05) is 69.2 Å². The van der Waals surface area contributed by atoms with Crippen LogP contribution >= 0.6 is 0 Å². The summed E-state index contributed by atoms with van der Waals surface area (Å²) in [5.74, 6) is 0.545. The van der Waals surface area contributed by atoms with Crippen molar-refractivity contribution >= 4 is 17.9 Å². The highest BCUT2D eigenvalue weighted by molar-refractivity contribution is 6.03. The van der Waals surface area contributed by atoms with Gasteiger partial charge in [-0.05, 0) is 111 Å². The molecule has 1 aromatic heterocycles. The predicted molar refractivity (Wildman–Crippen MR) is 217 cm³/mol. The molecule has 4 heterocycles. The van der Waals surface area contributed by atoms with Crippen molar-refractivity contribution in [3.8, 4) is 17.0 Å². The van der Waals surface area contributed by atoms with Gasteiger partial charge in [0.15, 0.2) is 0 Å². The summed E-state index contributed by atoms with van der Waals surface area (Å²) in [5, 5.41) is 0. The van der Waals surface area contributed by atoms with Gasteiger partial charge in [-0.2, -0.15) is 0 Å². The molecular weight excluding hydrogens is 687 g/mol. The minimum absolute atomic E-state index is 0.0141. The number of hydrogen-bond donors (Lipinski definition) is 0. The summed E-state index contributed by atoms with van der Waals surface area (Å²) in [6, 6.07) is 23.9. The van der Waals surface area contributed by atoms with Crippen molar-refractivity contribution in [3.63, 3.8) is 0 Å². The molecule has 9 nitrogen and oxygen atoms in total. The Balaban J connectivity index is 1.29. The molecule has 1 saturated heterocycles. The van der Waals surface area contributed by atoms with E-state index in [4.69, 9.17) is 4.74 Å². The van der Waals surface area contributed by atoms with Crippen LogP contribution in [0.2, 0.25) is 0 Å². The Morgan fingerprint density at radius 3 is 2.18 bits per heavy atom. The Morgan fingerprint density at radius 1 is 0.782 bits per heavy atom. The Kier molecular flexibility index (Phi) is 12.1. The smallest absolute Gasteiger partial charge is 0.410 e. The van der Waals surface area contributed by atoms with E-state index in [-0.39, 0.29) is 17.9 Å². The number of nitrogens with zero attached hydrogens (tertiary/aromatic N) is 5. The van der Waals surface area contributed by atoms with Crippen molar-refractivity contribution in [2.24, 2.45) is 7.05 Å². The van der Waals surface area contributed by atoms with Crippen molar-refractivity contribution in [1.29, 1.82) is 0 Å². The van der Waals surface area contributed by atoms with Crippen molar-refractivity contribution in [3.05, 3.63) is 112 Å². The Morgan fingerprint density at radius 2 is 1.47 bits per heavy atom. The Hall–Kier alpha value is -4.89. The monoisotopic (exact) mass is 743 g/mol. The van der Waals surface area contributed by atoms with Crippen molar-refractivity contribution in [1.82, 2.24) is 24.2 Å². The summed E-state index contributed by atoms with van der Waals surface area (Å²) >= 11 is 0. The fourth-order valence-corrected chi connectivity index (χ4v) is 8.57. The highest BCUT2D eigenvalue weighted by atomic mass is 16.6. The Labute approximate surface area is 326 Å². The maximum Gasteiger partial charge on any atom is 0.415 e. The number of aromatic nitrogens is 1. The molecule has 3 aromatic carbocycles. The molecule has 3 amide bonds. The van der Waals surface area contributed by atoms with Gasteiger partial charge in [-0.3, -0.25) is 9.59 Å². The number of rotatable bonds is 12. The zero-order chi connectivity index (χ0) is 38.5. The SMILES string of the molecule is CCCCN(CCCC)C(=O)c1cc(-c2cc3c(cc2C(=O)N2Cc4ccccc4C[C@H]2CN2CCCC2)CN(C(=O)Oc2ccccc2)CC3)n(C)c1C. The second-order valence-electron chi connectivity index (χ2n) is 15.7. The van der Waals surface area contributed by atoms with Gasteiger partial charge in [0.1, 0.15) is 5.75 Å². The predicted octanol–water partition coefficient (Wildman–Crippen LogP) is 8.26. The van der Waals surface area contributed by atoms with E-state index in [0.29, 0.717) is 42.9 Å². The topological polar surface area (TPSA) is 78.3 Å². The third-order valence-electron chi connectivity index (χ3n) is 12.0. The van der Waals surface area contributed by atoms with Gasteiger partial charge in [0, 0.05) is 74.9 Å². The van der Waals surface area contributed by atoms with Gasteiger partial charge in [0.2, 0.25) is 0 Å². The lowest BCUT2D eigenvalue weighted by molar-refractivity contribution is 0.0594. The number of unbranched alkanes of at least 4 members (excludes halogenated alkanes) is 2. The van der Waals surface area contributed by atoms with Crippen molar-refractivity contribution < 1.29 is 19.1 Å². The molecule has 0 spiro atoms. The Bertz CT molecular complexity index is 1990. The van der Waals surface area contributed by atoms with Gasteiger partial charge in [-0.25, -0.2) is 4.79 Å². The molecule has 0 N–H and O–H groups in total. The number of hydrogen-bond acceptors (Lipinski definition) is 5. The number of para-hydroxylation sites is 1. The summed E-state index contributed by atoms with van der Waals surface area (Å²) < 4.78 is 7.82. The lowest BCUT2D eigenvalue weighted by Gasteiger charge is -2.39. The van der Waals surface area contributed by atoms with E-state index in [9.17, 15) is 9.59 Å². The van der Waals surface area contributed by atoms with Crippen LogP contribution in [-0.2, 0) is 33.0 Å². The van der Waals surface area contributed by atoms with Crippen molar-refractivity contribution in [2.45, 2.75) is 91.3 Å². The molecule has 0 aliphatic carbocycles. The molecule has 55 heavy (non-hydrogen) atoms. The first-order valence-corrected chi connectivity index (χ1v) is 20.5. The first-order valence-electron chi connectivity index (χ1n) is 20.5. The minimum Gasteiger partial charge on any atom is -0.410 e. The van der Waals surface area contributed by atoms with Crippen LogP contribution in [-0.4, -0.2) is 87.4 Å². The zero-order valence-electron chi connectivity index (χ0n) is 33.2. The molecule has 3 aliphatic heterocycles. The van der Waals surface area contributed by atoms with Crippen LogP contribution in [0.1, 0.15) is 101 Å². The summed E-state index contributed by atoms with van der Waals surface area (Å²) in [6.45, 7) is 12.2. The number of benzene rings is 3. The third kappa shape index (κ3) is 8.37. The van der Waals surface area contributed by atoms with E-state index in [1.165, 1.54) is 24.0 Å². The summed E-state index contributed by atoms with van der Waals surface area (Å²) in [7, 11) is 2.01. The summed E-state index contributed by atoms with van der Waals surface area (Å²) in [6.07, 6.45) is 7.40. The van der Waals surface area contributed by atoms with E-state index in [1.807, 2.05) is 49.2 Å². The van der Waals surface area contributed by atoms with Crippen LogP contribution in [0.4, 0.5) is 4.79 Å². The molecule has 1 atom stereocenters. The minimum atomic E-state index is -0.399. The third-order valence-corrected chi connectivity index (χ3v) is 12.0. The first kappa shape index (κ1) is 38.4. The molecule has 0 bridgehead atoms. The van der Waals surface area contributed by atoms with E-state index in [1.54, 1.807) is 17.0 Å². The average molecular weight is 744 g/mol. The number of ether oxygens (including phenoxy) is 1. The second-order valence-corrected chi connectivity index (χ2v) is 15.7. The lowest BCUT2D eigenvalue weighted by Crippen LogP contribution is -2.49. The van der Waals surface area contributed by atoms with Crippen LogP contribution in [0.3, 0.4) is 0 Å². The molecule has 1 fully saturated rings. The molecular formula is C46H57N5O4. The molecule has 7 rings (SSSR count). The number of amides is 3. The van der Waals surface area contributed by atoms with E-state index in [2.05, 4.69) is 58.5 Å². The quantitative estimate of drug-likeness (QED) is 0.146. The maximum atomic E-state index is 15.3. The van der Waals surface area contributed by atoms with Crippen LogP contribution in [0.5, 0.6) is 5.75 Å². The number of carbonyl (C=O) groups excluding carboxylic acids is 3.